The van der Waals surface area contributed by atoms with Gasteiger partial charge in [0, 0.05) is 0 Å². The van der Waals surface area contributed by atoms with Gasteiger partial charge in [-0.15, -0.1) is 0 Å². The van der Waals surface area contributed by atoms with E-state index >= 15 is 0 Å². The van der Waals surface area contributed by atoms with Gasteiger partial charge in [-0.3, -0.25) is 0 Å². The summed E-state index contributed by atoms with van der Waals surface area (Å²) >= 11 is 5.96. The van der Waals surface area contributed by atoms with Gasteiger partial charge in [0.15, 0.2) is 0 Å². The molecule has 0 nitrogen and oxygen atoms in total. The quantitative estimate of drug-likeness (QED) is 0.416. The molecule has 0 saturated carbocycles. The van der Waals surface area contributed by atoms with E-state index in [2.05, 4.69) is 64.8 Å². The molecule has 0 saturated heterocycles. The van der Waals surface area contributed by atoms with Gasteiger partial charge in [-0.1, -0.05) is 0 Å². The Labute approximate surface area is 78.9 Å². The van der Waals surface area contributed by atoms with Crippen LogP contribution in [-0.4, -0.2) is 26.4 Å². The van der Waals surface area contributed by atoms with Crippen LogP contribution in [0.3, 0.4) is 0 Å². The third-order valence-corrected chi connectivity index (χ3v) is 16.2. The number of hydrogen-bond donors (Lipinski definition) is 0. The molecule has 0 rings (SSSR count). The fraction of sp³-hybridized carbons (Fsp3) is 1.00. The monoisotopic (exact) mass is 324 g/mol. The van der Waals surface area contributed by atoms with Crippen molar-refractivity contribution in [1.29, 1.82) is 0 Å². The Kier molecular flexibility index (Phi) is 4.62. The average molecular weight is 323 g/mol. The molecule has 0 unspecified atom stereocenters. The van der Waals surface area contributed by atoms with Crippen molar-refractivity contribution in [3.63, 3.8) is 0 Å². The van der Waals surface area contributed by atoms with Gasteiger partial charge in [-0.05, 0) is 0 Å². The van der Waals surface area contributed by atoms with Crippen molar-refractivity contribution in [1.82, 2.24) is 0 Å². The van der Waals surface area contributed by atoms with Crippen LogP contribution in [0.4, 0.5) is 0 Å². The van der Waals surface area contributed by atoms with Crippen LogP contribution < -0.4 is 0 Å². The molecule has 9 heavy (non-hydrogen) atoms. The van der Waals surface area contributed by atoms with E-state index in [1.807, 2.05) is 0 Å². The van der Waals surface area contributed by atoms with Crippen LogP contribution in [0.2, 0.25) is 0 Å². The van der Waals surface area contributed by atoms with E-state index < -0.39 is 3.15 Å². The summed E-state index contributed by atoms with van der Waals surface area (Å²) in [5.74, 6) is 0. The van der Waals surface area contributed by atoms with Gasteiger partial charge in [-0.2, -0.15) is 0 Å². The second kappa shape index (κ2) is 3.90. The van der Waals surface area contributed by atoms with Gasteiger partial charge in [0.2, 0.25) is 0 Å². The van der Waals surface area contributed by atoms with Crippen LogP contribution >= 0.6 is 25.2 Å². The molecule has 0 spiro atoms. The molecule has 0 aromatic rings. The van der Waals surface area contributed by atoms with Crippen LogP contribution in [0.25, 0.3) is 0 Å². The molecule has 0 fully saturated rings. The van der Waals surface area contributed by atoms with Crippen LogP contribution in [0.15, 0.2) is 0 Å². The van der Waals surface area contributed by atoms with Crippen molar-refractivity contribution in [2.45, 2.75) is 39.0 Å². The number of hydrogen-bond acceptors (Lipinski definition) is 0. The molecule has 0 amide bonds. The second-order valence-corrected chi connectivity index (χ2v) is 19.1. The summed E-state index contributed by atoms with van der Waals surface area (Å²) in [7, 11) is 0. The maximum atomic E-state index is 3.35. The third-order valence-electron chi connectivity index (χ3n) is 1.41. The molecule has 0 N–H and O–H groups in total. The molecule has 56 valence electrons. The summed E-state index contributed by atoms with van der Waals surface area (Å²) in [5.41, 5.74) is 1.66. The molecule has 0 heterocycles. The average Bonchev–Trinajstić information content (AvgIpc) is 1.65. The molecule has 0 aromatic carbocycles. The van der Waals surface area contributed by atoms with E-state index in [0.29, 0.717) is 0 Å². The summed E-state index contributed by atoms with van der Waals surface area (Å²) in [6.45, 7) is 9.21. The fourth-order valence-corrected chi connectivity index (χ4v) is 1.79. The second-order valence-electron chi connectivity index (χ2n) is 2.81. The zero-order chi connectivity index (χ0) is 7.65. The molecule has 3 heteroatoms. The zero-order valence-electron chi connectivity index (χ0n) is 6.39. The Morgan fingerprint density at radius 3 is 1.33 bits per heavy atom. The van der Waals surface area contributed by atoms with Crippen LogP contribution in [-0.2, 0) is 0 Å². The first-order valence-corrected chi connectivity index (χ1v) is 10.1. The van der Waals surface area contributed by atoms with Crippen molar-refractivity contribution in [3.05, 3.63) is 0 Å². The van der Waals surface area contributed by atoms with Crippen LogP contribution in [0.5, 0.6) is 0 Å². The number of halogens is 1. The van der Waals surface area contributed by atoms with Crippen molar-refractivity contribution >= 4 is 40.3 Å². The number of rotatable bonds is 2. The molecular formula is C6H14IPSe. The molecular weight excluding hydrogens is 309 g/mol. The summed E-state index contributed by atoms with van der Waals surface area (Å²) in [4.78, 5) is 0. The summed E-state index contributed by atoms with van der Waals surface area (Å²) in [5, 5.41) is 0. The van der Waals surface area contributed by atoms with Gasteiger partial charge in [0.1, 0.15) is 0 Å². The van der Waals surface area contributed by atoms with Crippen LogP contribution in [0, 0.1) is 0 Å². The van der Waals surface area contributed by atoms with Gasteiger partial charge >= 0.3 is 79.3 Å². The zero-order valence-corrected chi connectivity index (χ0v) is 11.2. The molecule has 0 aliphatic heterocycles. The summed E-state index contributed by atoms with van der Waals surface area (Å²) in [6.07, 6.45) is 0. The topological polar surface area (TPSA) is 0 Å². The minimum absolute atomic E-state index is 0.741. The van der Waals surface area contributed by atoms with Crippen molar-refractivity contribution in [2.24, 2.45) is 0 Å². The molecule has 0 atom stereocenters. The van der Waals surface area contributed by atoms with E-state index in [9.17, 15) is 0 Å². The normalized spacial score (nSPS) is 13.2. The standard InChI is InChI=1S/C6H14IPSe/c1-5(2)8(7,9)6(3)4/h5-6H,1-4H3. The third kappa shape index (κ3) is 3.05. The summed E-state index contributed by atoms with van der Waals surface area (Å²) in [6, 6.07) is 0. The fourth-order valence-electron chi connectivity index (χ4n) is 0.596. The van der Waals surface area contributed by atoms with Gasteiger partial charge in [0.05, 0.1) is 0 Å². The van der Waals surface area contributed by atoms with E-state index in [4.69, 9.17) is 0 Å². The van der Waals surface area contributed by atoms with Crippen LogP contribution in [0.1, 0.15) is 27.7 Å². The van der Waals surface area contributed by atoms with Crippen molar-refractivity contribution in [2.75, 3.05) is 0 Å². The van der Waals surface area contributed by atoms with E-state index in [-0.39, 0.29) is 0 Å². The van der Waals surface area contributed by atoms with Gasteiger partial charge in [0.25, 0.3) is 0 Å². The Bertz CT molecular complexity index is 119. The first-order chi connectivity index (χ1) is 3.89. The predicted molar refractivity (Wildman–Crippen MR) is 57.0 cm³/mol. The van der Waals surface area contributed by atoms with Gasteiger partial charge < -0.3 is 0 Å². The van der Waals surface area contributed by atoms with Crippen molar-refractivity contribution in [3.8, 4) is 0 Å². The Hall–Kier alpha value is 1.68. The van der Waals surface area contributed by atoms with E-state index in [1.54, 1.807) is 0 Å². The van der Waals surface area contributed by atoms with E-state index in [1.165, 1.54) is 0 Å². The summed E-state index contributed by atoms with van der Waals surface area (Å²) < 4.78 is -0.741. The molecule has 0 radical (unpaired) electrons. The Balaban J connectivity index is 4.21. The molecule has 0 bridgehead atoms. The molecule has 0 aromatic heterocycles. The first kappa shape index (κ1) is 10.7. The molecule has 0 aliphatic carbocycles. The molecule has 0 aliphatic rings. The SMILES string of the molecule is CC(C)P(=[Se])(I)C(C)C. The Morgan fingerprint density at radius 1 is 1.11 bits per heavy atom. The van der Waals surface area contributed by atoms with Gasteiger partial charge in [-0.25, -0.2) is 0 Å². The van der Waals surface area contributed by atoms with E-state index in [0.717, 1.165) is 11.3 Å². The minimum atomic E-state index is -0.741. The maximum absolute atomic E-state index is 3.35. The first-order valence-electron chi connectivity index (χ1n) is 3.18. The Morgan fingerprint density at radius 2 is 1.33 bits per heavy atom. The van der Waals surface area contributed by atoms with Crippen molar-refractivity contribution < 1.29 is 0 Å². The predicted octanol–water partition coefficient (Wildman–Crippen LogP) is 3.25.